The third-order valence-electron chi connectivity index (χ3n) is 4.69. The highest BCUT2D eigenvalue weighted by molar-refractivity contribution is 5.34. The van der Waals surface area contributed by atoms with E-state index in [1.54, 1.807) is 0 Å². The molecular weight excluding hydrogens is 244 g/mol. The van der Waals surface area contributed by atoms with Crippen LogP contribution in [0.4, 0.5) is 0 Å². The van der Waals surface area contributed by atoms with Crippen LogP contribution in [0.5, 0.6) is 0 Å². The van der Waals surface area contributed by atoms with E-state index in [0.717, 1.165) is 19.4 Å². The summed E-state index contributed by atoms with van der Waals surface area (Å²) in [7, 11) is 4.38. The molecule has 0 saturated carbocycles. The Hall–Kier alpha value is -0.860. The van der Waals surface area contributed by atoms with E-state index in [4.69, 9.17) is 0 Å². The van der Waals surface area contributed by atoms with Crippen molar-refractivity contribution in [1.29, 1.82) is 0 Å². The van der Waals surface area contributed by atoms with E-state index in [0.29, 0.717) is 6.04 Å². The van der Waals surface area contributed by atoms with Gasteiger partial charge >= 0.3 is 0 Å². The molecular formula is C18H32N2. The fourth-order valence-electron chi connectivity index (χ4n) is 2.88. The standard InChI is InChI=1S/C18H32N2/c1-8-12-19-17(18(5,9-2)20(6)7)16-11-10-14(3)13-15(16)4/h10-11,13,17,19H,8-9,12H2,1-7H3. The van der Waals surface area contributed by atoms with Crippen LogP contribution >= 0.6 is 0 Å². The highest BCUT2D eigenvalue weighted by Gasteiger charge is 2.36. The summed E-state index contributed by atoms with van der Waals surface area (Å²) in [6, 6.07) is 7.19. The zero-order valence-corrected chi connectivity index (χ0v) is 14.4. The second-order valence-electron chi connectivity index (χ2n) is 6.35. The zero-order chi connectivity index (χ0) is 15.3. The van der Waals surface area contributed by atoms with Gasteiger partial charge in [-0.3, -0.25) is 0 Å². The van der Waals surface area contributed by atoms with E-state index in [2.05, 4.69) is 77.1 Å². The Labute approximate surface area is 125 Å². The van der Waals surface area contributed by atoms with Gasteiger partial charge in [0.15, 0.2) is 0 Å². The summed E-state index contributed by atoms with van der Waals surface area (Å²) in [4.78, 5) is 2.36. The number of benzene rings is 1. The summed E-state index contributed by atoms with van der Waals surface area (Å²) in [5, 5.41) is 3.78. The lowest BCUT2D eigenvalue weighted by atomic mass is 9.81. The molecule has 0 fully saturated rings. The Morgan fingerprint density at radius 1 is 1.20 bits per heavy atom. The molecule has 0 aromatic heterocycles. The predicted molar refractivity (Wildman–Crippen MR) is 89.3 cm³/mol. The average molecular weight is 276 g/mol. The molecule has 2 unspecified atom stereocenters. The summed E-state index contributed by atoms with van der Waals surface area (Å²) >= 11 is 0. The van der Waals surface area contributed by atoms with Gasteiger partial charge in [0, 0.05) is 5.54 Å². The first-order valence-corrected chi connectivity index (χ1v) is 7.84. The monoisotopic (exact) mass is 276 g/mol. The number of nitrogens with one attached hydrogen (secondary N) is 1. The van der Waals surface area contributed by atoms with Crippen molar-refractivity contribution in [1.82, 2.24) is 10.2 Å². The van der Waals surface area contributed by atoms with Crippen LogP contribution < -0.4 is 5.32 Å². The zero-order valence-electron chi connectivity index (χ0n) is 14.4. The Balaban J connectivity index is 3.23. The molecule has 0 amide bonds. The fourth-order valence-corrected chi connectivity index (χ4v) is 2.88. The summed E-state index contributed by atoms with van der Waals surface area (Å²) < 4.78 is 0. The molecule has 0 heterocycles. The van der Waals surface area contributed by atoms with Gasteiger partial charge in [-0.2, -0.15) is 0 Å². The molecule has 0 aliphatic heterocycles. The average Bonchev–Trinajstić information content (AvgIpc) is 2.40. The van der Waals surface area contributed by atoms with E-state index < -0.39 is 0 Å². The van der Waals surface area contributed by atoms with Crippen LogP contribution in [0.2, 0.25) is 0 Å². The maximum Gasteiger partial charge on any atom is 0.0506 e. The number of hydrogen-bond acceptors (Lipinski definition) is 2. The van der Waals surface area contributed by atoms with Crippen molar-refractivity contribution < 1.29 is 0 Å². The van der Waals surface area contributed by atoms with Gasteiger partial charge in [-0.1, -0.05) is 37.6 Å². The molecule has 0 saturated heterocycles. The van der Waals surface area contributed by atoms with E-state index in [-0.39, 0.29) is 5.54 Å². The topological polar surface area (TPSA) is 15.3 Å². The first-order valence-electron chi connectivity index (χ1n) is 7.84. The van der Waals surface area contributed by atoms with Gasteiger partial charge in [-0.15, -0.1) is 0 Å². The van der Waals surface area contributed by atoms with Gasteiger partial charge in [-0.25, -0.2) is 0 Å². The minimum atomic E-state index is 0.120. The van der Waals surface area contributed by atoms with Gasteiger partial charge < -0.3 is 10.2 Å². The Bertz CT molecular complexity index is 425. The molecule has 0 radical (unpaired) electrons. The number of aryl methyl sites for hydroxylation is 2. The van der Waals surface area contributed by atoms with Crippen molar-refractivity contribution in [2.24, 2.45) is 0 Å². The molecule has 114 valence electrons. The highest BCUT2D eigenvalue weighted by atomic mass is 15.2. The third kappa shape index (κ3) is 3.62. The molecule has 1 aromatic rings. The lowest BCUT2D eigenvalue weighted by Gasteiger charge is -2.44. The normalized spacial score (nSPS) is 16.2. The third-order valence-corrected chi connectivity index (χ3v) is 4.69. The van der Waals surface area contributed by atoms with Crippen LogP contribution in [0.3, 0.4) is 0 Å². The molecule has 0 aliphatic rings. The van der Waals surface area contributed by atoms with Gasteiger partial charge in [0.1, 0.15) is 0 Å². The summed E-state index contributed by atoms with van der Waals surface area (Å²) in [6.07, 6.45) is 2.28. The molecule has 0 aliphatic carbocycles. The van der Waals surface area contributed by atoms with Gasteiger partial charge in [0.2, 0.25) is 0 Å². The second kappa shape index (κ2) is 7.24. The number of hydrogen-bond donors (Lipinski definition) is 1. The van der Waals surface area contributed by atoms with E-state index in [9.17, 15) is 0 Å². The first-order chi connectivity index (χ1) is 9.36. The SMILES string of the molecule is CCCNC(c1ccc(C)cc1C)C(C)(CC)N(C)C. The van der Waals surface area contributed by atoms with Crippen molar-refractivity contribution in [2.75, 3.05) is 20.6 Å². The van der Waals surface area contributed by atoms with E-state index in [1.165, 1.54) is 16.7 Å². The van der Waals surface area contributed by atoms with Crippen LogP contribution in [-0.2, 0) is 0 Å². The van der Waals surface area contributed by atoms with Gasteiger partial charge in [-0.05, 0) is 65.4 Å². The van der Waals surface area contributed by atoms with Crippen molar-refractivity contribution in [3.05, 3.63) is 34.9 Å². The van der Waals surface area contributed by atoms with Crippen LogP contribution in [0.1, 0.15) is 56.3 Å². The van der Waals surface area contributed by atoms with E-state index >= 15 is 0 Å². The van der Waals surface area contributed by atoms with Crippen molar-refractivity contribution in [3.8, 4) is 0 Å². The highest BCUT2D eigenvalue weighted by Crippen LogP contribution is 2.34. The Kier molecular flexibility index (Phi) is 6.22. The summed E-state index contributed by atoms with van der Waals surface area (Å²) in [5.74, 6) is 0. The largest absolute Gasteiger partial charge is 0.308 e. The second-order valence-corrected chi connectivity index (χ2v) is 6.35. The molecule has 20 heavy (non-hydrogen) atoms. The molecule has 2 heteroatoms. The van der Waals surface area contributed by atoms with Crippen LogP contribution in [0.25, 0.3) is 0 Å². The maximum atomic E-state index is 3.78. The van der Waals surface area contributed by atoms with Crippen molar-refractivity contribution in [2.45, 2.75) is 59.0 Å². The van der Waals surface area contributed by atoms with Gasteiger partial charge in [0.05, 0.1) is 6.04 Å². The molecule has 1 rings (SSSR count). The molecule has 0 spiro atoms. The minimum absolute atomic E-state index is 0.120. The molecule has 1 N–H and O–H groups in total. The molecule has 1 aromatic carbocycles. The fraction of sp³-hybridized carbons (Fsp3) is 0.667. The van der Waals surface area contributed by atoms with Crippen LogP contribution in [0.15, 0.2) is 18.2 Å². The van der Waals surface area contributed by atoms with Crippen molar-refractivity contribution in [3.63, 3.8) is 0 Å². The molecule has 2 nitrogen and oxygen atoms in total. The Morgan fingerprint density at radius 2 is 1.85 bits per heavy atom. The summed E-state index contributed by atoms with van der Waals surface area (Å²) in [6.45, 7) is 12.3. The maximum absolute atomic E-state index is 3.78. The number of likely N-dealkylation sites (N-methyl/N-ethyl adjacent to an activating group) is 1. The summed E-state index contributed by atoms with van der Waals surface area (Å²) in [5.41, 5.74) is 4.28. The predicted octanol–water partition coefficient (Wildman–Crippen LogP) is 4.07. The lowest BCUT2D eigenvalue weighted by Crippen LogP contribution is -2.51. The molecule has 2 atom stereocenters. The van der Waals surface area contributed by atoms with Crippen LogP contribution in [-0.4, -0.2) is 31.1 Å². The smallest absolute Gasteiger partial charge is 0.0506 e. The number of rotatable bonds is 7. The number of nitrogens with zero attached hydrogens (tertiary/aromatic N) is 1. The lowest BCUT2D eigenvalue weighted by molar-refractivity contribution is 0.112. The Morgan fingerprint density at radius 3 is 2.30 bits per heavy atom. The van der Waals surface area contributed by atoms with E-state index in [1.807, 2.05) is 0 Å². The molecule has 0 bridgehead atoms. The first kappa shape index (κ1) is 17.2. The minimum Gasteiger partial charge on any atom is -0.308 e. The van der Waals surface area contributed by atoms with Gasteiger partial charge in [0.25, 0.3) is 0 Å². The quantitative estimate of drug-likeness (QED) is 0.807. The van der Waals surface area contributed by atoms with Crippen molar-refractivity contribution >= 4 is 0 Å². The van der Waals surface area contributed by atoms with Crippen LogP contribution in [0, 0.1) is 13.8 Å².